The Morgan fingerprint density at radius 3 is 2.81 bits per heavy atom. The number of unbranched alkanes of at least 4 members (excludes halogenated alkanes) is 2. The number of hydrogen-bond donors (Lipinski definition) is 2. The molecule has 0 radical (unpaired) electrons. The maximum atomic E-state index is 8.71. The van der Waals surface area contributed by atoms with Gasteiger partial charge in [0.2, 0.25) is 5.95 Å². The molecule has 4 nitrogen and oxygen atoms in total. The van der Waals surface area contributed by atoms with Crippen LogP contribution in [0.25, 0.3) is 11.0 Å². The molecule has 1 aromatic heterocycles. The molecule has 0 aliphatic heterocycles. The van der Waals surface area contributed by atoms with E-state index in [0.717, 1.165) is 36.8 Å². The van der Waals surface area contributed by atoms with Crippen molar-refractivity contribution in [2.75, 3.05) is 12.3 Å². The zero-order chi connectivity index (χ0) is 11.4. The maximum absolute atomic E-state index is 8.71. The quantitative estimate of drug-likeness (QED) is 0.753. The third-order valence-corrected chi connectivity index (χ3v) is 2.72. The number of aliphatic hydroxyl groups is 1. The van der Waals surface area contributed by atoms with Gasteiger partial charge in [-0.1, -0.05) is 12.1 Å². The summed E-state index contributed by atoms with van der Waals surface area (Å²) in [5.41, 5.74) is 7.90. The third-order valence-electron chi connectivity index (χ3n) is 2.72. The number of nitrogen functional groups attached to an aromatic ring is 1. The number of aromatic nitrogens is 2. The lowest BCUT2D eigenvalue weighted by Gasteiger charge is -2.05. The molecule has 0 saturated carbocycles. The van der Waals surface area contributed by atoms with E-state index >= 15 is 0 Å². The standard InChI is InChI=1S/C12H17N3O/c13-12-14-10-6-2-3-7-11(10)15(12)8-4-1-5-9-16/h2-3,6-7,16H,1,4-5,8-9H2,(H2,13,14). The van der Waals surface area contributed by atoms with Gasteiger partial charge < -0.3 is 15.4 Å². The summed E-state index contributed by atoms with van der Waals surface area (Å²) in [6.45, 7) is 1.13. The normalized spacial score (nSPS) is 11.1. The van der Waals surface area contributed by atoms with Crippen molar-refractivity contribution in [3.8, 4) is 0 Å². The largest absolute Gasteiger partial charge is 0.396 e. The van der Waals surface area contributed by atoms with E-state index in [0.29, 0.717) is 5.95 Å². The van der Waals surface area contributed by atoms with E-state index in [1.807, 2.05) is 28.8 Å². The van der Waals surface area contributed by atoms with Gasteiger partial charge in [0.25, 0.3) is 0 Å². The highest BCUT2D eigenvalue weighted by atomic mass is 16.2. The number of anilines is 1. The van der Waals surface area contributed by atoms with Gasteiger partial charge in [0.05, 0.1) is 11.0 Å². The average molecular weight is 219 g/mol. The van der Waals surface area contributed by atoms with Crippen LogP contribution in [-0.4, -0.2) is 21.3 Å². The number of rotatable bonds is 5. The Morgan fingerprint density at radius 1 is 1.19 bits per heavy atom. The number of benzene rings is 1. The molecule has 0 spiro atoms. The molecule has 16 heavy (non-hydrogen) atoms. The van der Waals surface area contributed by atoms with Gasteiger partial charge in [0.15, 0.2) is 0 Å². The minimum Gasteiger partial charge on any atom is -0.396 e. The van der Waals surface area contributed by atoms with Gasteiger partial charge in [-0.05, 0) is 31.4 Å². The topological polar surface area (TPSA) is 64.1 Å². The lowest BCUT2D eigenvalue weighted by Crippen LogP contribution is -2.03. The minimum atomic E-state index is 0.264. The summed E-state index contributed by atoms with van der Waals surface area (Å²) in [6, 6.07) is 7.96. The van der Waals surface area contributed by atoms with Crippen LogP contribution in [0.4, 0.5) is 5.95 Å². The fourth-order valence-corrected chi connectivity index (χ4v) is 1.89. The molecule has 2 aromatic rings. The van der Waals surface area contributed by atoms with E-state index in [9.17, 15) is 0 Å². The Hall–Kier alpha value is -1.55. The summed E-state index contributed by atoms with van der Waals surface area (Å²) < 4.78 is 2.03. The number of aliphatic hydroxyl groups excluding tert-OH is 1. The summed E-state index contributed by atoms with van der Waals surface area (Å²) in [5.74, 6) is 0.574. The van der Waals surface area contributed by atoms with Crippen LogP contribution in [0.15, 0.2) is 24.3 Å². The first-order chi connectivity index (χ1) is 7.83. The lowest BCUT2D eigenvalue weighted by atomic mass is 10.2. The summed E-state index contributed by atoms with van der Waals surface area (Å²) in [6.07, 6.45) is 2.89. The van der Waals surface area contributed by atoms with Crippen LogP contribution in [0.5, 0.6) is 0 Å². The van der Waals surface area contributed by atoms with Crippen LogP contribution >= 0.6 is 0 Å². The molecule has 0 aliphatic carbocycles. The number of aryl methyl sites for hydroxylation is 1. The zero-order valence-corrected chi connectivity index (χ0v) is 9.26. The number of nitrogens with zero attached hydrogens (tertiary/aromatic N) is 2. The van der Waals surface area contributed by atoms with Crippen molar-refractivity contribution in [2.45, 2.75) is 25.8 Å². The van der Waals surface area contributed by atoms with Gasteiger partial charge in [-0.2, -0.15) is 0 Å². The third kappa shape index (κ3) is 2.17. The number of fused-ring (bicyclic) bond motifs is 1. The average Bonchev–Trinajstić information content (AvgIpc) is 2.61. The van der Waals surface area contributed by atoms with Crippen LogP contribution < -0.4 is 5.73 Å². The van der Waals surface area contributed by atoms with Crippen molar-refractivity contribution in [3.05, 3.63) is 24.3 Å². The Bertz CT molecular complexity index is 464. The molecule has 1 aromatic carbocycles. The SMILES string of the molecule is Nc1nc2ccccc2n1CCCCCO. The number of para-hydroxylation sites is 2. The summed E-state index contributed by atoms with van der Waals surface area (Å²) in [4.78, 5) is 4.30. The van der Waals surface area contributed by atoms with Gasteiger partial charge in [0, 0.05) is 13.2 Å². The van der Waals surface area contributed by atoms with E-state index in [1.54, 1.807) is 0 Å². The molecule has 0 unspecified atom stereocenters. The second kappa shape index (κ2) is 4.99. The van der Waals surface area contributed by atoms with E-state index < -0.39 is 0 Å². The molecular formula is C12H17N3O. The lowest BCUT2D eigenvalue weighted by molar-refractivity contribution is 0.282. The highest BCUT2D eigenvalue weighted by Crippen LogP contribution is 2.18. The maximum Gasteiger partial charge on any atom is 0.201 e. The molecule has 4 heteroatoms. The molecule has 0 saturated heterocycles. The first-order valence-corrected chi connectivity index (χ1v) is 5.64. The van der Waals surface area contributed by atoms with Crippen molar-refractivity contribution in [3.63, 3.8) is 0 Å². The monoisotopic (exact) mass is 219 g/mol. The van der Waals surface area contributed by atoms with Crippen molar-refractivity contribution < 1.29 is 5.11 Å². The van der Waals surface area contributed by atoms with Crippen LogP contribution in [0.2, 0.25) is 0 Å². The summed E-state index contributed by atoms with van der Waals surface area (Å²) in [7, 11) is 0. The molecule has 1 heterocycles. The van der Waals surface area contributed by atoms with Crippen molar-refractivity contribution in [2.24, 2.45) is 0 Å². The molecule has 0 atom stereocenters. The number of nitrogens with two attached hydrogens (primary N) is 1. The van der Waals surface area contributed by atoms with Gasteiger partial charge in [0.1, 0.15) is 0 Å². The molecule has 0 amide bonds. The van der Waals surface area contributed by atoms with Crippen molar-refractivity contribution >= 4 is 17.0 Å². The Labute approximate surface area is 94.7 Å². The smallest absolute Gasteiger partial charge is 0.201 e. The van der Waals surface area contributed by atoms with Crippen molar-refractivity contribution in [1.29, 1.82) is 0 Å². The summed E-state index contributed by atoms with van der Waals surface area (Å²) in [5, 5.41) is 8.71. The Kier molecular flexibility index (Phi) is 3.41. The van der Waals surface area contributed by atoms with Crippen molar-refractivity contribution in [1.82, 2.24) is 9.55 Å². The minimum absolute atomic E-state index is 0.264. The van der Waals surface area contributed by atoms with Gasteiger partial charge in [-0.15, -0.1) is 0 Å². The predicted octanol–water partition coefficient (Wildman–Crippen LogP) is 1.78. The molecule has 2 rings (SSSR count). The fraction of sp³-hybridized carbons (Fsp3) is 0.417. The molecule has 0 fully saturated rings. The van der Waals surface area contributed by atoms with E-state index in [-0.39, 0.29) is 6.61 Å². The summed E-state index contributed by atoms with van der Waals surface area (Å²) >= 11 is 0. The zero-order valence-electron chi connectivity index (χ0n) is 9.26. The Morgan fingerprint density at radius 2 is 2.00 bits per heavy atom. The fourth-order valence-electron chi connectivity index (χ4n) is 1.89. The van der Waals surface area contributed by atoms with Crippen LogP contribution in [0, 0.1) is 0 Å². The molecular weight excluding hydrogens is 202 g/mol. The van der Waals surface area contributed by atoms with Gasteiger partial charge in [-0.3, -0.25) is 0 Å². The molecule has 3 N–H and O–H groups in total. The Balaban J connectivity index is 2.13. The first kappa shape index (κ1) is 11.0. The van der Waals surface area contributed by atoms with Crippen LogP contribution in [0.1, 0.15) is 19.3 Å². The highest BCUT2D eigenvalue weighted by molar-refractivity contribution is 5.78. The van der Waals surface area contributed by atoms with Crippen LogP contribution in [0.3, 0.4) is 0 Å². The number of hydrogen-bond acceptors (Lipinski definition) is 3. The van der Waals surface area contributed by atoms with E-state index in [1.165, 1.54) is 0 Å². The highest BCUT2D eigenvalue weighted by Gasteiger charge is 2.06. The van der Waals surface area contributed by atoms with Gasteiger partial charge in [-0.25, -0.2) is 4.98 Å². The van der Waals surface area contributed by atoms with Crippen LogP contribution in [-0.2, 0) is 6.54 Å². The predicted molar refractivity (Wildman–Crippen MR) is 65.1 cm³/mol. The molecule has 0 bridgehead atoms. The van der Waals surface area contributed by atoms with E-state index in [4.69, 9.17) is 10.8 Å². The second-order valence-corrected chi connectivity index (χ2v) is 3.89. The number of imidazole rings is 1. The molecule has 0 aliphatic rings. The van der Waals surface area contributed by atoms with Gasteiger partial charge >= 0.3 is 0 Å². The molecule has 86 valence electrons. The first-order valence-electron chi connectivity index (χ1n) is 5.64. The second-order valence-electron chi connectivity index (χ2n) is 3.89. The van der Waals surface area contributed by atoms with E-state index in [2.05, 4.69) is 4.98 Å².